The summed E-state index contributed by atoms with van der Waals surface area (Å²) in [6.07, 6.45) is 8.12. The normalized spacial score (nSPS) is 25.1. The zero-order valence-electron chi connectivity index (χ0n) is 15.1. The monoisotopic (exact) mass is 382 g/mol. The summed E-state index contributed by atoms with van der Waals surface area (Å²) in [4.78, 5) is 11.7. The predicted molar refractivity (Wildman–Crippen MR) is 106 cm³/mol. The number of thiazole rings is 1. The van der Waals surface area contributed by atoms with Gasteiger partial charge in [0.25, 0.3) is 6.01 Å². The van der Waals surface area contributed by atoms with E-state index < -0.39 is 0 Å². The lowest BCUT2D eigenvalue weighted by Crippen LogP contribution is -2.51. The van der Waals surface area contributed by atoms with Gasteiger partial charge in [0, 0.05) is 36.8 Å². The van der Waals surface area contributed by atoms with Gasteiger partial charge in [0.05, 0.1) is 11.7 Å². The Morgan fingerprint density at radius 3 is 2.70 bits per heavy atom. The molecule has 6 nitrogen and oxygen atoms in total. The zero-order chi connectivity index (χ0) is 17.8. The molecule has 140 valence electrons. The predicted octanol–water partition coefficient (Wildman–Crippen LogP) is 3.82. The third kappa shape index (κ3) is 2.72. The maximum absolute atomic E-state index is 6.33. The lowest BCUT2D eigenvalue weighted by atomic mass is 9.96. The van der Waals surface area contributed by atoms with Crippen LogP contribution < -0.4 is 15.0 Å². The Kier molecular flexibility index (Phi) is 3.65. The molecular weight excluding hydrogens is 360 g/mol. The third-order valence-electron chi connectivity index (χ3n) is 5.99. The van der Waals surface area contributed by atoms with Crippen LogP contribution in [0.2, 0.25) is 0 Å². The Labute approximate surface area is 161 Å². The third-order valence-corrected chi connectivity index (χ3v) is 6.80. The standard InChI is InChI=1S/C20H22N4O2S/c1-2-14(3-1)25-16-7-6-15(19-21-8-9-27-19)18-17(16)23-20(26-18)24-10-12-4-5-13(11-24)22-12/h6-9,12-14,22H,1-5,10-11H2. The number of hydrogen-bond donors (Lipinski definition) is 1. The average Bonchev–Trinajstić information content (AvgIpc) is 3.38. The molecule has 2 atom stereocenters. The van der Waals surface area contributed by atoms with Crippen LogP contribution >= 0.6 is 11.3 Å². The van der Waals surface area contributed by atoms with E-state index >= 15 is 0 Å². The van der Waals surface area contributed by atoms with Gasteiger partial charge in [-0.15, -0.1) is 11.3 Å². The van der Waals surface area contributed by atoms with E-state index in [0.29, 0.717) is 24.2 Å². The van der Waals surface area contributed by atoms with Crippen molar-refractivity contribution in [3.63, 3.8) is 0 Å². The minimum Gasteiger partial charge on any atom is -0.488 e. The van der Waals surface area contributed by atoms with Crippen molar-refractivity contribution in [2.24, 2.45) is 0 Å². The van der Waals surface area contributed by atoms with Crippen LogP contribution in [0.4, 0.5) is 6.01 Å². The number of aromatic nitrogens is 2. The zero-order valence-corrected chi connectivity index (χ0v) is 15.9. The second kappa shape index (κ2) is 6.21. The highest BCUT2D eigenvalue weighted by Crippen LogP contribution is 2.39. The molecule has 27 heavy (non-hydrogen) atoms. The molecule has 3 aromatic rings. The molecular formula is C20H22N4O2S. The van der Waals surface area contributed by atoms with E-state index in [1.54, 1.807) is 11.3 Å². The van der Waals surface area contributed by atoms with Gasteiger partial charge in [0.2, 0.25) is 0 Å². The van der Waals surface area contributed by atoms with Crippen molar-refractivity contribution in [3.05, 3.63) is 23.7 Å². The van der Waals surface area contributed by atoms with Crippen LogP contribution in [0.15, 0.2) is 28.1 Å². The Bertz CT molecular complexity index is 954. The lowest BCUT2D eigenvalue weighted by Gasteiger charge is -2.31. The van der Waals surface area contributed by atoms with Gasteiger partial charge in [-0.2, -0.15) is 4.98 Å². The first-order chi connectivity index (χ1) is 13.3. The highest BCUT2D eigenvalue weighted by atomic mass is 32.1. The number of anilines is 1. The van der Waals surface area contributed by atoms with Crippen molar-refractivity contribution in [1.82, 2.24) is 15.3 Å². The SMILES string of the molecule is c1csc(-c2ccc(OC3CCC3)c3nc(N4CC5CCC(C4)N5)oc23)n1. The molecule has 0 amide bonds. The summed E-state index contributed by atoms with van der Waals surface area (Å²) in [5, 5.41) is 6.61. The molecule has 2 aromatic heterocycles. The molecule has 0 radical (unpaired) electrons. The Hall–Kier alpha value is -2.12. The molecule has 7 heteroatoms. The number of nitrogens with zero attached hydrogens (tertiary/aromatic N) is 3. The molecule has 6 rings (SSSR count). The Balaban J connectivity index is 1.44. The number of ether oxygens (including phenoxy) is 1. The maximum atomic E-state index is 6.33. The van der Waals surface area contributed by atoms with Gasteiger partial charge in [-0.25, -0.2) is 4.98 Å². The summed E-state index contributed by atoms with van der Waals surface area (Å²) in [6.45, 7) is 1.91. The molecule has 1 aromatic carbocycles. The second-order valence-corrected chi connectivity index (χ2v) is 8.73. The van der Waals surface area contributed by atoms with Crippen molar-refractivity contribution in [3.8, 4) is 16.3 Å². The highest BCUT2D eigenvalue weighted by Gasteiger charge is 2.34. The summed E-state index contributed by atoms with van der Waals surface area (Å²) in [6, 6.07) is 5.90. The van der Waals surface area contributed by atoms with Crippen molar-refractivity contribution in [2.45, 2.75) is 50.3 Å². The number of fused-ring (bicyclic) bond motifs is 3. The van der Waals surface area contributed by atoms with E-state index in [1.807, 2.05) is 17.6 Å². The maximum Gasteiger partial charge on any atom is 0.298 e. The first kappa shape index (κ1) is 15.9. The van der Waals surface area contributed by atoms with Crippen LogP contribution in [0.1, 0.15) is 32.1 Å². The summed E-state index contributed by atoms with van der Waals surface area (Å²) in [5.41, 5.74) is 2.62. The van der Waals surface area contributed by atoms with E-state index in [9.17, 15) is 0 Å². The number of benzene rings is 1. The van der Waals surface area contributed by atoms with E-state index in [2.05, 4.69) is 21.3 Å². The molecule has 1 N–H and O–H groups in total. The van der Waals surface area contributed by atoms with E-state index in [-0.39, 0.29) is 0 Å². The molecule has 0 spiro atoms. The molecule has 1 saturated carbocycles. The van der Waals surface area contributed by atoms with Gasteiger partial charge in [0.15, 0.2) is 11.1 Å². The number of oxazole rings is 1. The minimum atomic E-state index is 0.314. The fraction of sp³-hybridized carbons (Fsp3) is 0.500. The molecule has 2 unspecified atom stereocenters. The van der Waals surface area contributed by atoms with Gasteiger partial charge in [-0.3, -0.25) is 0 Å². The number of piperazine rings is 1. The van der Waals surface area contributed by atoms with Crippen LogP contribution in [0, 0.1) is 0 Å². The van der Waals surface area contributed by atoms with E-state index in [4.69, 9.17) is 14.1 Å². The second-order valence-electron chi connectivity index (χ2n) is 7.84. The van der Waals surface area contributed by atoms with Crippen LogP contribution in [0.5, 0.6) is 5.75 Å². The van der Waals surface area contributed by atoms with E-state index in [0.717, 1.165) is 53.4 Å². The fourth-order valence-electron chi connectivity index (χ4n) is 4.35. The Morgan fingerprint density at radius 2 is 2.00 bits per heavy atom. The quantitative estimate of drug-likeness (QED) is 0.740. The van der Waals surface area contributed by atoms with Gasteiger partial charge in [0.1, 0.15) is 10.8 Å². The fourth-order valence-corrected chi connectivity index (χ4v) is 5.01. The number of nitrogens with one attached hydrogen (secondary N) is 1. The van der Waals surface area contributed by atoms with Gasteiger partial charge in [-0.1, -0.05) is 0 Å². The van der Waals surface area contributed by atoms with E-state index in [1.165, 1.54) is 19.3 Å². The number of rotatable bonds is 4. The van der Waals surface area contributed by atoms with Gasteiger partial charge < -0.3 is 19.4 Å². The molecule has 2 aliphatic heterocycles. The summed E-state index contributed by atoms with van der Waals surface area (Å²) >= 11 is 1.62. The molecule has 1 aliphatic carbocycles. The van der Waals surface area contributed by atoms with Gasteiger partial charge in [-0.05, 0) is 44.2 Å². The number of hydrogen-bond acceptors (Lipinski definition) is 7. The molecule has 2 bridgehead atoms. The van der Waals surface area contributed by atoms with Crippen molar-refractivity contribution >= 4 is 28.5 Å². The first-order valence-corrected chi connectivity index (χ1v) is 10.7. The average molecular weight is 382 g/mol. The van der Waals surface area contributed by atoms with Crippen molar-refractivity contribution in [1.29, 1.82) is 0 Å². The van der Waals surface area contributed by atoms with Crippen LogP contribution in [-0.4, -0.2) is 41.2 Å². The molecule has 3 aliphatic rings. The molecule has 3 fully saturated rings. The van der Waals surface area contributed by atoms with Crippen LogP contribution in [-0.2, 0) is 0 Å². The largest absolute Gasteiger partial charge is 0.488 e. The van der Waals surface area contributed by atoms with Gasteiger partial charge >= 0.3 is 0 Å². The first-order valence-electron chi connectivity index (χ1n) is 9.84. The molecule has 2 saturated heterocycles. The van der Waals surface area contributed by atoms with Crippen LogP contribution in [0.3, 0.4) is 0 Å². The minimum absolute atomic E-state index is 0.314. The molecule has 4 heterocycles. The lowest BCUT2D eigenvalue weighted by molar-refractivity contribution is 0.122. The van der Waals surface area contributed by atoms with Crippen LogP contribution in [0.25, 0.3) is 21.7 Å². The summed E-state index contributed by atoms with van der Waals surface area (Å²) < 4.78 is 12.6. The summed E-state index contributed by atoms with van der Waals surface area (Å²) in [7, 11) is 0. The van der Waals surface area contributed by atoms with Crippen molar-refractivity contribution < 1.29 is 9.15 Å². The summed E-state index contributed by atoms with van der Waals surface area (Å²) in [5.74, 6) is 0.836. The van der Waals surface area contributed by atoms with Crippen molar-refractivity contribution in [2.75, 3.05) is 18.0 Å². The highest BCUT2D eigenvalue weighted by molar-refractivity contribution is 7.13. The Morgan fingerprint density at radius 1 is 1.15 bits per heavy atom. The topological polar surface area (TPSA) is 63.4 Å². The smallest absolute Gasteiger partial charge is 0.298 e.